The molecule has 0 saturated carbocycles. The summed E-state index contributed by atoms with van der Waals surface area (Å²) in [6.07, 6.45) is 2.92. The van der Waals surface area contributed by atoms with Crippen molar-refractivity contribution in [3.63, 3.8) is 0 Å². The highest BCUT2D eigenvalue weighted by atomic mass is 16.5. The molecule has 6 heterocycles. The van der Waals surface area contributed by atoms with E-state index in [0.717, 1.165) is 39.0 Å². The number of phenolic OH excluding ortho intramolecular Hbond substituents is 1. The zero-order chi connectivity index (χ0) is 49.5. The number of nitrogens with one attached hydrogen (secondary N) is 3. The lowest BCUT2D eigenvalue weighted by molar-refractivity contribution is -0.155. The van der Waals surface area contributed by atoms with Crippen LogP contribution in [-0.4, -0.2) is 143 Å². The molecule has 17 nitrogen and oxygen atoms in total. The summed E-state index contributed by atoms with van der Waals surface area (Å²) in [7, 11) is 4.77. The Morgan fingerprint density at radius 2 is 1.83 bits per heavy atom. The number of carbonyl (C=O) groups excluding carboxylic acids is 5. The Kier molecular flexibility index (Phi) is 14.5. The summed E-state index contributed by atoms with van der Waals surface area (Å²) in [5.41, 5.74) is 9.47. The molecule has 69 heavy (non-hydrogen) atoms. The standard InChI is InChI=1S/C52H68N8O9/c1-10-59-41-16-15-32-23-37(41)38(47(59)36-13-11-17-53-43(36)30(4)67-9)24-52(5,6)28-69-51(66)39-14-12-18-60(56-39)49(64)40(21-31-19-33(32)22-35(61)20-31)54-48(63)46(29(2)3)58(8)42(62)25-57(7)50(65)45-44(55-45)34-26-68-27-34/h11,13,15-17,19-20,22-23,29-30,34,39-40,44-46,55-56,61H,10,12,14,18,21,24-28H2,1-9H3,(H,54,63)/t30-,39-,40-,44-,45-,46-/m0/s1. The van der Waals surface area contributed by atoms with Crippen molar-refractivity contribution in [1.82, 2.24) is 40.4 Å². The Morgan fingerprint density at radius 3 is 2.52 bits per heavy atom. The van der Waals surface area contributed by atoms with Crippen molar-refractivity contribution in [3.8, 4) is 28.1 Å². The maximum Gasteiger partial charge on any atom is 0.324 e. The first-order valence-electron chi connectivity index (χ1n) is 24.2. The molecule has 17 heteroatoms. The van der Waals surface area contributed by atoms with E-state index in [9.17, 15) is 29.1 Å². The van der Waals surface area contributed by atoms with Crippen LogP contribution in [-0.2, 0) is 57.6 Å². The third-order valence-corrected chi connectivity index (χ3v) is 14.2. The second-order valence-corrected chi connectivity index (χ2v) is 20.4. The average molecular weight is 949 g/mol. The molecule has 2 aromatic carbocycles. The van der Waals surface area contributed by atoms with Gasteiger partial charge in [0.15, 0.2) is 0 Å². The number of hydrogen-bond donors (Lipinski definition) is 4. The molecule has 0 spiro atoms. The number of aromatic hydroxyl groups is 1. The number of fused-ring (bicyclic) bond motifs is 6. The van der Waals surface area contributed by atoms with E-state index in [4.69, 9.17) is 19.2 Å². The molecular formula is C52H68N8O9. The number of pyridine rings is 1. The van der Waals surface area contributed by atoms with Gasteiger partial charge in [0.2, 0.25) is 17.7 Å². The van der Waals surface area contributed by atoms with Gasteiger partial charge in [-0.1, -0.05) is 39.8 Å². The minimum Gasteiger partial charge on any atom is -0.508 e. The Bertz CT molecular complexity index is 2610. The highest BCUT2D eigenvalue weighted by molar-refractivity contribution is 5.96. The number of likely N-dealkylation sites (N-methyl/N-ethyl adjacent to an activating group) is 2. The number of nitrogens with zero attached hydrogens (tertiary/aromatic N) is 5. The van der Waals surface area contributed by atoms with Crippen LogP contribution in [0.3, 0.4) is 0 Å². The van der Waals surface area contributed by atoms with Crippen LogP contribution >= 0.6 is 0 Å². The normalized spacial score (nSPS) is 22.6. The van der Waals surface area contributed by atoms with E-state index in [1.54, 1.807) is 32.5 Å². The number of carbonyl (C=O) groups is 5. The number of cyclic esters (lactones) is 1. The molecule has 3 saturated heterocycles. The van der Waals surface area contributed by atoms with E-state index < -0.39 is 47.2 Å². The number of benzene rings is 2. The molecule has 2 aromatic heterocycles. The molecule has 0 radical (unpaired) electrons. The van der Waals surface area contributed by atoms with Crippen LogP contribution < -0.4 is 16.1 Å². The van der Waals surface area contributed by atoms with E-state index in [1.165, 1.54) is 21.9 Å². The number of esters is 1. The van der Waals surface area contributed by atoms with Gasteiger partial charge in [-0.25, -0.2) is 5.43 Å². The van der Waals surface area contributed by atoms with Crippen LogP contribution in [0.15, 0.2) is 54.7 Å². The van der Waals surface area contributed by atoms with Gasteiger partial charge in [0.25, 0.3) is 5.91 Å². The molecule has 4 N–H and O–H groups in total. The third kappa shape index (κ3) is 10.4. The fourth-order valence-electron chi connectivity index (χ4n) is 10.3. The van der Waals surface area contributed by atoms with Crippen LogP contribution in [0.1, 0.15) is 77.3 Å². The predicted molar refractivity (Wildman–Crippen MR) is 259 cm³/mol. The molecule has 0 aliphatic carbocycles. The first-order chi connectivity index (χ1) is 32.9. The molecule has 3 fully saturated rings. The Balaban J connectivity index is 1.15. The third-order valence-electron chi connectivity index (χ3n) is 14.2. The summed E-state index contributed by atoms with van der Waals surface area (Å²) in [6, 6.07) is 12.0. The number of aromatic nitrogens is 2. The van der Waals surface area contributed by atoms with E-state index in [-0.39, 0.29) is 67.8 Å². The van der Waals surface area contributed by atoms with Crippen LogP contribution in [0.25, 0.3) is 33.3 Å². The second-order valence-electron chi connectivity index (χ2n) is 20.4. The van der Waals surface area contributed by atoms with Gasteiger partial charge in [-0.05, 0) is 97.7 Å². The van der Waals surface area contributed by atoms with Crippen molar-refractivity contribution in [2.24, 2.45) is 17.3 Å². The molecule has 4 amide bonds. The zero-order valence-electron chi connectivity index (χ0n) is 41.3. The van der Waals surface area contributed by atoms with Gasteiger partial charge in [-0.3, -0.25) is 39.3 Å². The Morgan fingerprint density at radius 1 is 1.06 bits per heavy atom. The summed E-state index contributed by atoms with van der Waals surface area (Å²) in [4.78, 5) is 77.8. The summed E-state index contributed by atoms with van der Waals surface area (Å²) >= 11 is 0. The lowest BCUT2D eigenvalue weighted by Gasteiger charge is -2.37. The monoisotopic (exact) mass is 949 g/mol. The summed E-state index contributed by atoms with van der Waals surface area (Å²) in [5, 5.41) is 19.9. The van der Waals surface area contributed by atoms with Crippen LogP contribution in [0.4, 0.5) is 0 Å². The molecule has 4 aliphatic rings. The molecular weight excluding hydrogens is 881 g/mol. The van der Waals surface area contributed by atoms with E-state index in [0.29, 0.717) is 50.1 Å². The first-order valence-corrected chi connectivity index (χ1v) is 24.2. The number of phenols is 1. The largest absolute Gasteiger partial charge is 0.508 e. The van der Waals surface area contributed by atoms with Crippen molar-refractivity contribution in [3.05, 3.63) is 71.5 Å². The lowest BCUT2D eigenvalue weighted by Crippen LogP contribution is -2.62. The molecule has 6 bridgehead atoms. The van der Waals surface area contributed by atoms with Crippen molar-refractivity contribution >= 4 is 40.5 Å². The summed E-state index contributed by atoms with van der Waals surface area (Å²) < 4.78 is 19.5. The van der Waals surface area contributed by atoms with Crippen LogP contribution in [0.2, 0.25) is 0 Å². The fourth-order valence-corrected chi connectivity index (χ4v) is 10.3. The molecule has 6 atom stereocenters. The van der Waals surface area contributed by atoms with Crippen LogP contribution in [0.5, 0.6) is 5.75 Å². The minimum absolute atomic E-state index is 0.0204. The first kappa shape index (κ1) is 49.5. The van der Waals surface area contributed by atoms with Crippen molar-refractivity contribution in [2.75, 3.05) is 54.1 Å². The van der Waals surface area contributed by atoms with Crippen molar-refractivity contribution < 1.29 is 43.3 Å². The lowest BCUT2D eigenvalue weighted by atomic mass is 9.84. The van der Waals surface area contributed by atoms with E-state index >= 15 is 0 Å². The quantitative estimate of drug-likeness (QED) is 0.115. The maximum atomic E-state index is 14.8. The molecule has 370 valence electrons. The Labute approximate surface area is 404 Å². The maximum absolute atomic E-state index is 14.8. The number of rotatable bonds is 12. The molecule has 4 aromatic rings. The smallest absolute Gasteiger partial charge is 0.324 e. The van der Waals surface area contributed by atoms with Crippen molar-refractivity contribution in [2.45, 2.75) is 110 Å². The second kappa shape index (κ2) is 20.2. The number of hydrazine groups is 1. The highest BCUT2D eigenvalue weighted by Crippen LogP contribution is 2.42. The van der Waals surface area contributed by atoms with Gasteiger partial charge in [0, 0.05) is 80.8 Å². The van der Waals surface area contributed by atoms with Crippen LogP contribution in [0, 0.1) is 17.3 Å². The SMILES string of the molecule is CCn1c(-c2cccnc2[C@H](C)OC)c2c3cc(ccc31)-c1cc(O)cc(c1)C[C@H](NC(=O)[C@H](C(C)C)N(C)C(=O)CN(C)C(=O)[C@H]1N[C@H]1C1COC1)C(=O)N1CCC[C@H](N1)C(=O)OCC(C)(C)C2. The van der Waals surface area contributed by atoms with Crippen molar-refractivity contribution in [1.29, 1.82) is 0 Å². The number of amides is 4. The van der Waals surface area contributed by atoms with Gasteiger partial charge in [-0.2, -0.15) is 0 Å². The van der Waals surface area contributed by atoms with E-state index in [1.807, 2.05) is 39.0 Å². The summed E-state index contributed by atoms with van der Waals surface area (Å²) in [6.45, 7) is 13.8. The summed E-state index contributed by atoms with van der Waals surface area (Å²) in [5.74, 6) is -2.32. The number of hydrogen-bond acceptors (Lipinski definition) is 12. The predicted octanol–water partition coefficient (Wildman–Crippen LogP) is 4.38. The van der Waals surface area contributed by atoms with Gasteiger partial charge in [0.05, 0.1) is 43.9 Å². The Hall–Kier alpha value is -5.88. The number of methoxy groups -OCH3 is 1. The average Bonchev–Trinajstić information content (AvgIpc) is 4.02. The molecule has 8 rings (SSSR count). The van der Waals surface area contributed by atoms with E-state index in [2.05, 4.69) is 59.6 Å². The topological polar surface area (TPSA) is 207 Å². The number of aryl methyl sites for hydroxylation is 1. The zero-order valence-corrected chi connectivity index (χ0v) is 41.3. The van der Waals surface area contributed by atoms with Gasteiger partial charge in [0.1, 0.15) is 29.9 Å². The fraction of sp³-hybridized carbons (Fsp3) is 0.538. The highest BCUT2D eigenvalue weighted by Gasteiger charge is 2.50. The van der Waals surface area contributed by atoms with Gasteiger partial charge >= 0.3 is 5.97 Å². The van der Waals surface area contributed by atoms with Gasteiger partial charge in [-0.15, -0.1) is 0 Å². The van der Waals surface area contributed by atoms with Gasteiger partial charge < -0.3 is 39.0 Å². The molecule has 4 aliphatic heterocycles. The number of ether oxygens (including phenoxy) is 3. The minimum atomic E-state index is -1.19. The molecule has 0 unspecified atom stereocenters.